The summed E-state index contributed by atoms with van der Waals surface area (Å²) < 4.78 is 10.9. The van der Waals surface area contributed by atoms with Gasteiger partial charge in [0.1, 0.15) is 11.2 Å². The van der Waals surface area contributed by atoms with Gasteiger partial charge in [0.15, 0.2) is 0 Å². The van der Waals surface area contributed by atoms with E-state index in [2.05, 4.69) is 43.5 Å². The van der Waals surface area contributed by atoms with Crippen molar-refractivity contribution in [2.24, 2.45) is 21.7 Å². The largest absolute Gasteiger partial charge is 0.481 e. The summed E-state index contributed by atoms with van der Waals surface area (Å²) in [6.07, 6.45) is 16.4. The van der Waals surface area contributed by atoms with E-state index in [1.54, 1.807) is 9.80 Å². The number of carboxylic acid groups (broad SMARTS) is 1. The Morgan fingerprint density at radius 2 is 0.980 bits per heavy atom. The van der Waals surface area contributed by atoms with E-state index in [0.29, 0.717) is 51.9 Å². The lowest BCUT2D eigenvalue weighted by atomic mass is 9.56. The van der Waals surface area contributed by atoms with Crippen molar-refractivity contribution >= 4 is 24.1 Å². The molecule has 4 aliphatic rings. The van der Waals surface area contributed by atoms with Crippen LogP contribution in [0.3, 0.4) is 0 Å². The van der Waals surface area contributed by atoms with Crippen LogP contribution >= 0.6 is 0 Å². The molecule has 10 nitrogen and oxygen atoms in total. The van der Waals surface area contributed by atoms with Crippen LogP contribution in [0.4, 0.5) is 9.59 Å². The summed E-state index contributed by atoms with van der Waals surface area (Å²) in [4.78, 5) is 53.6. The van der Waals surface area contributed by atoms with Crippen LogP contribution in [0.2, 0.25) is 0 Å². The highest BCUT2D eigenvalue weighted by Crippen LogP contribution is 2.54. The highest BCUT2D eigenvalue weighted by atomic mass is 16.6. The van der Waals surface area contributed by atoms with E-state index in [0.717, 1.165) is 38.5 Å². The van der Waals surface area contributed by atoms with Gasteiger partial charge >= 0.3 is 18.2 Å². The molecule has 2 aliphatic heterocycles. The van der Waals surface area contributed by atoms with E-state index in [1.165, 1.54) is 0 Å². The minimum absolute atomic E-state index is 0.118. The Balaban J connectivity index is 0.000000274. The molecular formula is C40H67N3O7. The van der Waals surface area contributed by atoms with E-state index >= 15 is 0 Å². The predicted octanol–water partition coefficient (Wildman–Crippen LogP) is 8.50. The van der Waals surface area contributed by atoms with Gasteiger partial charge in [-0.2, -0.15) is 0 Å². The zero-order chi connectivity index (χ0) is 37.8. The van der Waals surface area contributed by atoms with Crippen molar-refractivity contribution in [1.82, 2.24) is 15.1 Å². The maximum atomic E-state index is 13.5. The summed E-state index contributed by atoms with van der Waals surface area (Å²) in [5.41, 5.74) is -3.11. The molecule has 284 valence electrons. The van der Waals surface area contributed by atoms with Crippen LogP contribution < -0.4 is 5.32 Å². The molecule has 2 heterocycles. The van der Waals surface area contributed by atoms with Crippen molar-refractivity contribution in [3.63, 3.8) is 0 Å². The van der Waals surface area contributed by atoms with Gasteiger partial charge in [0, 0.05) is 37.1 Å². The summed E-state index contributed by atoms with van der Waals surface area (Å²) in [5, 5.41) is 13.2. The number of aliphatic carboxylic acids is 1. The Kier molecular flexibility index (Phi) is 12.7. The third-order valence-electron chi connectivity index (χ3n) is 11.2. The second-order valence-electron chi connectivity index (χ2n) is 18.5. The van der Waals surface area contributed by atoms with Gasteiger partial charge < -0.3 is 29.7 Å². The van der Waals surface area contributed by atoms with E-state index in [9.17, 15) is 24.3 Å². The lowest BCUT2D eigenvalue weighted by Gasteiger charge is -2.52. The monoisotopic (exact) mass is 701 g/mol. The number of carboxylic acids is 1. The molecule has 3 amide bonds. The number of amides is 3. The number of hydrogen-bond acceptors (Lipinski definition) is 6. The summed E-state index contributed by atoms with van der Waals surface area (Å²) >= 11 is 0. The van der Waals surface area contributed by atoms with Crippen LogP contribution in [0, 0.1) is 21.7 Å². The fourth-order valence-corrected chi connectivity index (χ4v) is 8.17. The van der Waals surface area contributed by atoms with Crippen molar-refractivity contribution in [3.8, 4) is 0 Å². The Morgan fingerprint density at radius 1 is 0.620 bits per heavy atom. The summed E-state index contributed by atoms with van der Waals surface area (Å²) in [7, 11) is 0. The number of piperidine rings is 2. The smallest absolute Gasteiger partial charge is 0.410 e. The molecule has 0 aromatic carbocycles. The fraction of sp³-hybridized carbons (Fsp3) is 0.800. The molecule has 0 spiro atoms. The average molecular weight is 702 g/mol. The van der Waals surface area contributed by atoms with Gasteiger partial charge in [0.2, 0.25) is 5.91 Å². The Bertz CT molecular complexity index is 1280. The Hall–Kier alpha value is -3.04. The number of nitrogens with zero attached hydrogens (tertiary/aromatic N) is 2. The molecule has 2 saturated heterocycles. The van der Waals surface area contributed by atoms with E-state index in [-0.39, 0.29) is 34.5 Å². The number of carbonyl (C=O) groups excluding carboxylic acids is 3. The maximum Gasteiger partial charge on any atom is 0.410 e. The molecule has 50 heavy (non-hydrogen) atoms. The molecule has 10 heteroatoms. The SMILES string of the molecule is CC(C)(C)NC(=O)C1(C2(C)C=CCCC2)CCN(C(=O)OC(C)(C)C)CC1.CC(C)(C)OC(=O)N1CCC(C(=O)O)(C2(C)C=CCCC2)CC1. The number of ether oxygens (including phenoxy) is 2. The molecule has 0 bridgehead atoms. The first-order chi connectivity index (χ1) is 22.9. The number of hydrogen-bond donors (Lipinski definition) is 2. The van der Waals surface area contributed by atoms with Gasteiger partial charge in [-0.3, -0.25) is 9.59 Å². The summed E-state index contributed by atoms with van der Waals surface area (Å²) in [6, 6.07) is 0. The van der Waals surface area contributed by atoms with Crippen LogP contribution in [0.15, 0.2) is 24.3 Å². The first kappa shape index (κ1) is 41.4. The number of rotatable bonds is 4. The normalized spacial score (nSPS) is 26.6. The lowest BCUT2D eigenvalue weighted by Crippen LogP contribution is -2.60. The fourth-order valence-electron chi connectivity index (χ4n) is 8.17. The first-order valence-electron chi connectivity index (χ1n) is 18.8. The van der Waals surface area contributed by atoms with Crippen LogP contribution in [-0.2, 0) is 19.1 Å². The number of carbonyl (C=O) groups is 4. The topological polar surface area (TPSA) is 125 Å². The van der Waals surface area contributed by atoms with Crippen LogP contribution in [-0.4, -0.2) is 81.9 Å². The molecule has 0 radical (unpaired) electrons. The van der Waals surface area contributed by atoms with Crippen molar-refractivity contribution < 1.29 is 33.8 Å². The quantitative estimate of drug-likeness (QED) is 0.282. The minimum Gasteiger partial charge on any atom is -0.481 e. The predicted molar refractivity (Wildman–Crippen MR) is 197 cm³/mol. The molecule has 2 aliphatic carbocycles. The van der Waals surface area contributed by atoms with Gasteiger partial charge in [0.05, 0.1) is 10.8 Å². The third-order valence-corrected chi connectivity index (χ3v) is 11.2. The van der Waals surface area contributed by atoms with Crippen molar-refractivity contribution in [2.45, 2.75) is 157 Å². The van der Waals surface area contributed by atoms with Gasteiger partial charge in [-0.15, -0.1) is 0 Å². The second kappa shape index (κ2) is 15.3. The first-order valence-corrected chi connectivity index (χ1v) is 18.8. The van der Waals surface area contributed by atoms with Crippen LogP contribution in [0.1, 0.15) is 140 Å². The highest BCUT2D eigenvalue weighted by molar-refractivity contribution is 5.85. The zero-order valence-corrected chi connectivity index (χ0v) is 33.0. The molecule has 0 aromatic rings. The van der Waals surface area contributed by atoms with Gasteiger partial charge in [-0.1, -0.05) is 38.2 Å². The molecular weight excluding hydrogens is 634 g/mol. The van der Waals surface area contributed by atoms with Gasteiger partial charge in [-0.25, -0.2) is 9.59 Å². The number of likely N-dealkylation sites (tertiary alicyclic amines) is 2. The second-order valence-corrected chi connectivity index (χ2v) is 18.5. The number of nitrogens with one attached hydrogen (secondary N) is 1. The van der Waals surface area contributed by atoms with Crippen molar-refractivity contribution in [3.05, 3.63) is 24.3 Å². The standard InChI is InChI=1S/C22H38N2O3.C18H29NO4/c1-19(2,3)23-17(25)22(21(7)11-9-8-10-12-21)13-15-24(16-14-22)18(26)27-20(4,5)6;1-16(2,3)23-15(22)19-12-10-18(11-13-19,14(20)21)17(4)8-6-5-7-9-17/h9,11H,8,10,12-16H2,1-7H3,(H,23,25);6,8H,5,7,9-13H2,1-4H3,(H,20,21). The maximum absolute atomic E-state index is 13.5. The van der Waals surface area contributed by atoms with Gasteiger partial charge in [0.25, 0.3) is 0 Å². The Labute approximate surface area is 301 Å². The Morgan fingerprint density at radius 3 is 1.28 bits per heavy atom. The lowest BCUT2D eigenvalue weighted by molar-refractivity contribution is -0.161. The highest BCUT2D eigenvalue weighted by Gasteiger charge is 2.56. The summed E-state index contributed by atoms with van der Waals surface area (Å²) in [5.74, 6) is -0.622. The number of allylic oxidation sites excluding steroid dienone is 4. The van der Waals surface area contributed by atoms with Crippen LogP contribution in [0.25, 0.3) is 0 Å². The van der Waals surface area contributed by atoms with Crippen molar-refractivity contribution in [2.75, 3.05) is 26.2 Å². The van der Waals surface area contributed by atoms with E-state index in [1.807, 2.05) is 62.3 Å². The molecule has 2 unspecified atom stereocenters. The summed E-state index contributed by atoms with van der Waals surface area (Å²) in [6.45, 7) is 23.5. The zero-order valence-electron chi connectivity index (χ0n) is 33.0. The van der Waals surface area contributed by atoms with Gasteiger partial charge in [-0.05, 0) is 132 Å². The van der Waals surface area contributed by atoms with E-state index in [4.69, 9.17) is 9.47 Å². The minimum atomic E-state index is -0.789. The molecule has 0 aromatic heterocycles. The average Bonchev–Trinajstić information content (AvgIpc) is 2.99. The van der Waals surface area contributed by atoms with E-state index < -0.39 is 28.0 Å². The molecule has 2 atom stereocenters. The molecule has 0 saturated carbocycles. The van der Waals surface area contributed by atoms with Crippen molar-refractivity contribution in [1.29, 1.82) is 0 Å². The third kappa shape index (κ3) is 9.84. The molecule has 2 fully saturated rings. The van der Waals surface area contributed by atoms with Crippen LogP contribution in [0.5, 0.6) is 0 Å². The molecule has 2 N–H and O–H groups in total. The molecule has 4 rings (SSSR count).